The lowest BCUT2D eigenvalue weighted by molar-refractivity contribution is 0.0745. The largest absolute Gasteiger partial charge is 0.378 e. The molecule has 0 aliphatic carbocycles. The fourth-order valence-corrected chi connectivity index (χ4v) is 10.2. The lowest BCUT2D eigenvalue weighted by Gasteiger charge is -2.36. The fourth-order valence-electron chi connectivity index (χ4n) is 10.2. The SMILES string of the molecule is O=C(Nc1ccc(C(=O)N2CCN(c3ccn4nc(-c5ccc(NC(=O)Nc6ccc(C(=O)N7CCCC7)cc6)cc5)nc(N5CCOCC5)c34)CC2)cc1)Nc1ccc(-c2nc(N3CCOCC3)c3cccn3n2)cc1. The number of nitrogens with zero attached hydrogens (tertiary/aromatic N) is 11. The maximum atomic E-state index is 13.8. The van der Waals surface area contributed by atoms with Gasteiger partial charge in [0.15, 0.2) is 23.3 Å². The number of aromatic nitrogens is 6. The van der Waals surface area contributed by atoms with Crippen LogP contribution in [0.5, 0.6) is 0 Å². The minimum Gasteiger partial charge on any atom is -0.378 e. The van der Waals surface area contributed by atoms with Crippen molar-refractivity contribution in [2.75, 3.05) is 128 Å². The van der Waals surface area contributed by atoms with Crippen LogP contribution in [0.15, 0.2) is 128 Å². The summed E-state index contributed by atoms with van der Waals surface area (Å²) in [6, 6.07) is 33.9. The maximum absolute atomic E-state index is 13.8. The molecule has 0 atom stereocenters. The molecule has 8 heterocycles. The molecule has 0 bridgehead atoms. The van der Waals surface area contributed by atoms with Gasteiger partial charge in [-0.25, -0.2) is 28.6 Å². The molecule has 77 heavy (non-hydrogen) atoms. The number of hydrogen-bond donors (Lipinski definition) is 4. The average Bonchev–Trinajstić information content (AvgIpc) is 4.29. The maximum Gasteiger partial charge on any atom is 0.323 e. The first-order valence-electron chi connectivity index (χ1n) is 26.1. The normalized spacial score (nSPS) is 16.0. The zero-order chi connectivity index (χ0) is 52.2. The Hall–Kier alpha value is -9.08. The van der Waals surface area contributed by atoms with Crippen LogP contribution in [0.25, 0.3) is 33.8 Å². The van der Waals surface area contributed by atoms with E-state index in [1.807, 2.05) is 91.9 Å². The van der Waals surface area contributed by atoms with Crippen molar-refractivity contribution in [1.82, 2.24) is 39.0 Å². The van der Waals surface area contributed by atoms with Gasteiger partial charge in [-0.05, 0) is 128 Å². The third-order valence-electron chi connectivity index (χ3n) is 14.3. The highest BCUT2D eigenvalue weighted by molar-refractivity contribution is 6.02. The van der Waals surface area contributed by atoms with E-state index in [9.17, 15) is 19.2 Å². The Balaban J connectivity index is 0.654. The van der Waals surface area contributed by atoms with Crippen molar-refractivity contribution < 1.29 is 28.7 Å². The number of carbonyl (C=O) groups is 4. The Morgan fingerprint density at radius 3 is 1.38 bits per heavy atom. The Labute approximate surface area is 443 Å². The molecule has 4 aromatic heterocycles. The van der Waals surface area contributed by atoms with E-state index < -0.39 is 12.1 Å². The lowest BCUT2D eigenvalue weighted by Crippen LogP contribution is -2.48. The summed E-state index contributed by atoms with van der Waals surface area (Å²) in [7, 11) is 0. The van der Waals surface area contributed by atoms with Gasteiger partial charge in [0.1, 0.15) is 11.0 Å². The number of rotatable bonds is 11. The molecule has 4 aliphatic heterocycles. The number of morpholine rings is 2. The monoisotopic (exact) mass is 1040 g/mol. The molecule has 12 rings (SSSR count). The Bertz CT molecular complexity index is 3430. The predicted molar refractivity (Wildman–Crippen MR) is 294 cm³/mol. The third kappa shape index (κ3) is 10.6. The van der Waals surface area contributed by atoms with Crippen LogP contribution in [0.1, 0.15) is 33.6 Å². The highest BCUT2D eigenvalue weighted by Crippen LogP contribution is 2.34. The van der Waals surface area contributed by atoms with E-state index in [-0.39, 0.29) is 11.8 Å². The van der Waals surface area contributed by atoms with Gasteiger partial charge in [0.05, 0.1) is 32.1 Å². The van der Waals surface area contributed by atoms with Crippen LogP contribution in [-0.4, -0.2) is 155 Å². The first-order chi connectivity index (χ1) is 37.8. The lowest BCUT2D eigenvalue weighted by atomic mass is 10.1. The first kappa shape index (κ1) is 48.8. The van der Waals surface area contributed by atoms with Gasteiger partial charge in [-0.1, -0.05) is 0 Å². The number of ether oxygens (including phenoxy) is 2. The Morgan fingerprint density at radius 2 is 0.870 bits per heavy atom. The smallest absolute Gasteiger partial charge is 0.323 e. The van der Waals surface area contributed by atoms with E-state index in [2.05, 4.69) is 42.0 Å². The summed E-state index contributed by atoms with van der Waals surface area (Å²) in [5.74, 6) is 2.69. The summed E-state index contributed by atoms with van der Waals surface area (Å²) in [6.07, 6.45) is 5.91. The Morgan fingerprint density at radius 1 is 0.429 bits per heavy atom. The molecular weight excluding hydrogens is 979 g/mol. The summed E-state index contributed by atoms with van der Waals surface area (Å²) in [6.45, 7) is 9.08. The molecule has 4 aromatic carbocycles. The second kappa shape index (κ2) is 21.6. The number of likely N-dealkylation sites (tertiary alicyclic amines) is 1. The van der Waals surface area contributed by atoms with Crippen LogP contribution >= 0.6 is 0 Å². The second-order valence-electron chi connectivity index (χ2n) is 19.3. The van der Waals surface area contributed by atoms with Gasteiger partial charge < -0.3 is 55.2 Å². The van der Waals surface area contributed by atoms with Crippen LogP contribution < -0.4 is 36.0 Å². The third-order valence-corrected chi connectivity index (χ3v) is 14.3. The molecule has 4 N–H and O–H groups in total. The van der Waals surface area contributed by atoms with E-state index in [0.717, 1.165) is 78.5 Å². The van der Waals surface area contributed by atoms with E-state index in [1.165, 1.54) is 0 Å². The van der Waals surface area contributed by atoms with Gasteiger partial charge in [-0.2, -0.15) is 0 Å². The number of nitrogens with one attached hydrogen (secondary N) is 4. The molecule has 6 amide bonds. The highest BCUT2D eigenvalue weighted by atomic mass is 16.5. The van der Waals surface area contributed by atoms with Gasteiger partial charge in [0.2, 0.25) is 0 Å². The molecule has 4 aliphatic rings. The van der Waals surface area contributed by atoms with Gasteiger partial charge >= 0.3 is 12.1 Å². The molecule has 392 valence electrons. The Kier molecular flexibility index (Phi) is 13.7. The zero-order valence-electron chi connectivity index (χ0n) is 42.3. The van der Waals surface area contributed by atoms with Crippen LogP contribution in [0.4, 0.5) is 49.7 Å². The van der Waals surface area contributed by atoms with Crippen LogP contribution in [0.2, 0.25) is 0 Å². The number of amides is 6. The molecule has 4 fully saturated rings. The number of anilines is 7. The predicted octanol–water partition coefficient (Wildman–Crippen LogP) is 7.27. The second-order valence-corrected chi connectivity index (χ2v) is 19.3. The van der Waals surface area contributed by atoms with Crippen LogP contribution in [-0.2, 0) is 9.47 Å². The minimum absolute atomic E-state index is 0.0125. The molecule has 0 saturated carbocycles. The molecule has 21 heteroatoms. The molecule has 0 spiro atoms. The number of hydrogen-bond acceptors (Lipinski definition) is 13. The summed E-state index contributed by atoms with van der Waals surface area (Å²) in [4.78, 5) is 73.1. The highest BCUT2D eigenvalue weighted by Gasteiger charge is 2.28. The number of urea groups is 2. The van der Waals surface area contributed by atoms with Crippen molar-refractivity contribution in [2.24, 2.45) is 0 Å². The number of piperazine rings is 1. The van der Waals surface area contributed by atoms with Crippen molar-refractivity contribution in [3.63, 3.8) is 0 Å². The molecule has 0 radical (unpaired) electrons. The summed E-state index contributed by atoms with van der Waals surface area (Å²) < 4.78 is 15.0. The topological polar surface area (TPSA) is 211 Å². The molecule has 0 unspecified atom stereocenters. The van der Waals surface area contributed by atoms with Gasteiger partial charge in [-0.15, -0.1) is 10.2 Å². The van der Waals surface area contributed by atoms with Gasteiger partial charge in [-0.3, -0.25) is 9.59 Å². The number of carbonyl (C=O) groups excluding carboxylic acids is 4. The van der Waals surface area contributed by atoms with Crippen molar-refractivity contribution in [2.45, 2.75) is 12.8 Å². The summed E-state index contributed by atoms with van der Waals surface area (Å²) in [5.41, 5.74) is 7.84. The standard InChI is InChI=1S/C56H57N15O6/c72-53(68-22-1-2-23-68)40-9-17-44(18-10-40)59-56(75)58-43-15-7-39(8-16-43)50-62-52(67-32-36-77-37-33-67)48-46(21-25-71(48)64-50)65-26-28-69(29-27-65)54(73)41-11-19-45(20-12-41)60-55(74)57-42-13-5-38(6-14-42)49-61-51(66-30-34-76-35-31-66)47-4-3-24-70(47)63-49/h3-21,24-25H,1-2,22-23,26-37H2,(H2,57,60,74)(H2,58,59,75). The number of benzene rings is 4. The average molecular weight is 1040 g/mol. The van der Waals surface area contributed by atoms with Crippen molar-refractivity contribution in [3.8, 4) is 22.8 Å². The van der Waals surface area contributed by atoms with E-state index in [0.29, 0.717) is 111 Å². The van der Waals surface area contributed by atoms with Crippen molar-refractivity contribution in [3.05, 3.63) is 139 Å². The van der Waals surface area contributed by atoms with Crippen LogP contribution in [0, 0.1) is 0 Å². The fraction of sp³-hybridized carbons (Fsp3) is 0.286. The van der Waals surface area contributed by atoms with Crippen molar-refractivity contribution in [1.29, 1.82) is 0 Å². The zero-order valence-corrected chi connectivity index (χ0v) is 42.3. The molecule has 4 saturated heterocycles. The molecule has 8 aromatic rings. The van der Waals surface area contributed by atoms with E-state index in [4.69, 9.17) is 29.6 Å². The molecular formula is C56H57N15O6. The number of fused-ring (bicyclic) bond motifs is 2. The molecule has 21 nitrogen and oxygen atoms in total. The minimum atomic E-state index is -0.415. The van der Waals surface area contributed by atoms with Gasteiger partial charge in [0, 0.05) is 123 Å². The van der Waals surface area contributed by atoms with Crippen molar-refractivity contribution >= 4 is 75.0 Å². The van der Waals surface area contributed by atoms with E-state index in [1.54, 1.807) is 48.5 Å². The van der Waals surface area contributed by atoms with E-state index >= 15 is 0 Å². The van der Waals surface area contributed by atoms with Crippen LogP contribution in [0.3, 0.4) is 0 Å². The quantitative estimate of drug-likeness (QED) is 0.101. The summed E-state index contributed by atoms with van der Waals surface area (Å²) in [5, 5.41) is 21.2. The van der Waals surface area contributed by atoms with Gasteiger partial charge in [0.25, 0.3) is 11.8 Å². The summed E-state index contributed by atoms with van der Waals surface area (Å²) >= 11 is 0. The first-order valence-corrected chi connectivity index (χ1v) is 26.1.